The number of carboxylic acid groups (broad SMARTS) is 1. The standard InChI is InChI=1S/C22H26N6O5/c1-2-24-21(30)18-14(29)10-16(33-18)28-11-25-17-19(23)26-15(27-20(17)28)5-3-4-12-6-8-13(9-7-12)22(31)32/h11-13,16,29H,2,4,6-10H2,1H3,(H,24,30)(H,31,32)(H2,23,26,27)/t12?,13?,16-/m1/s1. The molecule has 1 saturated carbocycles. The molecule has 1 fully saturated rings. The zero-order valence-corrected chi connectivity index (χ0v) is 18.2. The number of carbonyl (C=O) groups excluding carboxylic acids is 1. The van der Waals surface area contributed by atoms with E-state index in [2.05, 4.69) is 32.1 Å². The predicted molar refractivity (Wildman–Crippen MR) is 117 cm³/mol. The highest BCUT2D eigenvalue weighted by atomic mass is 16.5. The number of aliphatic hydroxyl groups is 1. The molecule has 5 N–H and O–H groups in total. The number of hydrogen-bond acceptors (Lipinski definition) is 8. The Morgan fingerprint density at radius 3 is 2.76 bits per heavy atom. The lowest BCUT2D eigenvalue weighted by atomic mass is 9.81. The van der Waals surface area contributed by atoms with Gasteiger partial charge in [0.05, 0.1) is 12.3 Å². The lowest BCUT2D eigenvalue weighted by molar-refractivity contribution is -0.143. The number of nitrogen functional groups attached to an aromatic ring is 1. The first-order chi connectivity index (χ1) is 15.9. The predicted octanol–water partition coefficient (Wildman–Crippen LogP) is 1.87. The Morgan fingerprint density at radius 1 is 1.30 bits per heavy atom. The Hall–Kier alpha value is -3.81. The molecule has 0 spiro atoms. The minimum Gasteiger partial charge on any atom is -0.508 e. The van der Waals surface area contributed by atoms with E-state index >= 15 is 0 Å². The van der Waals surface area contributed by atoms with Gasteiger partial charge in [-0.25, -0.2) is 15.0 Å². The molecular weight excluding hydrogens is 428 g/mol. The van der Waals surface area contributed by atoms with Crippen LogP contribution in [0.3, 0.4) is 0 Å². The van der Waals surface area contributed by atoms with Gasteiger partial charge in [0.25, 0.3) is 5.91 Å². The molecule has 0 aromatic carbocycles. The summed E-state index contributed by atoms with van der Waals surface area (Å²) in [6.07, 6.45) is 4.52. The average molecular weight is 454 g/mol. The van der Waals surface area contributed by atoms with Crippen LogP contribution < -0.4 is 11.1 Å². The van der Waals surface area contributed by atoms with Gasteiger partial charge in [-0.2, -0.15) is 0 Å². The zero-order valence-electron chi connectivity index (χ0n) is 18.2. The lowest BCUT2D eigenvalue weighted by Gasteiger charge is -2.24. The maximum Gasteiger partial charge on any atom is 0.306 e. The molecule has 0 saturated heterocycles. The summed E-state index contributed by atoms with van der Waals surface area (Å²) in [5, 5.41) is 21.9. The Bertz CT molecular complexity index is 1170. The van der Waals surface area contributed by atoms with Crippen molar-refractivity contribution in [1.82, 2.24) is 24.8 Å². The molecule has 1 aliphatic carbocycles. The van der Waals surface area contributed by atoms with Crippen molar-refractivity contribution in [3.63, 3.8) is 0 Å². The van der Waals surface area contributed by atoms with Gasteiger partial charge in [-0.1, -0.05) is 5.92 Å². The van der Waals surface area contributed by atoms with E-state index in [0.717, 1.165) is 12.8 Å². The summed E-state index contributed by atoms with van der Waals surface area (Å²) in [5.74, 6) is 5.07. The van der Waals surface area contributed by atoms with E-state index in [4.69, 9.17) is 15.6 Å². The Morgan fingerprint density at radius 2 is 2.06 bits per heavy atom. The van der Waals surface area contributed by atoms with Crippen molar-refractivity contribution in [2.45, 2.75) is 51.7 Å². The van der Waals surface area contributed by atoms with Crippen molar-refractivity contribution in [3.05, 3.63) is 23.7 Å². The number of aromatic nitrogens is 4. The molecule has 3 heterocycles. The van der Waals surface area contributed by atoms with Crippen molar-refractivity contribution < 1.29 is 24.5 Å². The van der Waals surface area contributed by atoms with Gasteiger partial charge >= 0.3 is 5.97 Å². The number of carboxylic acids is 1. The number of nitrogens with one attached hydrogen (secondary N) is 1. The molecule has 2 aromatic rings. The van der Waals surface area contributed by atoms with Crippen LogP contribution >= 0.6 is 0 Å². The summed E-state index contributed by atoms with van der Waals surface area (Å²) in [4.78, 5) is 36.1. The van der Waals surface area contributed by atoms with Crippen LogP contribution in [0.25, 0.3) is 11.2 Å². The zero-order chi connectivity index (χ0) is 23.5. The van der Waals surface area contributed by atoms with Crippen LogP contribution in [0.4, 0.5) is 5.82 Å². The number of likely N-dealkylation sites (N-methyl/N-ethyl adjacent to an activating group) is 1. The second kappa shape index (κ2) is 9.36. The molecule has 4 rings (SSSR count). The van der Waals surface area contributed by atoms with Crippen LogP contribution in [0, 0.1) is 23.7 Å². The molecule has 0 bridgehead atoms. The molecule has 2 aliphatic rings. The minimum atomic E-state index is -0.721. The number of ether oxygens (including phenoxy) is 1. The van der Waals surface area contributed by atoms with Crippen molar-refractivity contribution in [2.75, 3.05) is 12.3 Å². The number of amides is 1. The number of aliphatic carboxylic acids is 1. The van der Waals surface area contributed by atoms with Crippen molar-refractivity contribution in [3.8, 4) is 11.8 Å². The van der Waals surface area contributed by atoms with Crippen LogP contribution in [-0.4, -0.2) is 48.2 Å². The molecule has 1 amide bonds. The summed E-state index contributed by atoms with van der Waals surface area (Å²) >= 11 is 0. The smallest absolute Gasteiger partial charge is 0.306 e. The largest absolute Gasteiger partial charge is 0.508 e. The highest BCUT2D eigenvalue weighted by molar-refractivity contribution is 5.92. The van der Waals surface area contributed by atoms with Gasteiger partial charge < -0.3 is 26.0 Å². The molecule has 1 atom stereocenters. The second-order valence-corrected chi connectivity index (χ2v) is 8.23. The van der Waals surface area contributed by atoms with Gasteiger partial charge in [-0.3, -0.25) is 14.2 Å². The Labute approximate surface area is 190 Å². The van der Waals surface area contributed by atoms with Gasteiger partial charge in [0.15, 0.2) is 17.7 Å². The normalized spacial score (nSPS) is 22.5. The molecule has 11 heteroatoms. The molecular formula is C22H26N6O5. The van der Waals surface area contributed by atoms with Gasteiger partial charge in [0.2, 0.25) is 11.6 Å². The topological polar surface area (TPSA) is 165 Å². The van der Waals surface area contributed by atoms with Crippen LogP contribution in [0.2, 0.25) is 0 Å². The molecule has 1 aliphatic heterocycles. The van der Waals surface area contributed by atoms with E-state index in [0.29, 0.717) is 42.9 Å². The van der Waals surface area contributed by atoms with Crippen LogP contribution in [0.1, 0.15) is 57.5 Å². The summed E-state index contributed by atoms with van der Waals surface area (Å²) in [6.45, 7) is 2.18. The van der Waals surface area contributed by atoms with Crippen molar-refractivity contribution in [1.29, 1.82) is 0 Å². The lowest BCUT2D eigenvalue weighted by Crippen LogP contribution is -2.25. The SMILES string of the molecule is CCNC(=O)C1=C(O)C[C@H](n2cnc3c(N)nc(C#CCC4CCC(C(=O)O)CC4)nc32)O1. The fourth-order valence-electron chi connectivity index (χ4n) is 4.18. The molecule has 0 unspecified atom stereocenters. The molecule has 174 valence electrons. The van der Waals surface area contributed by atoms with E-state index in [1.807, 2.05) is 0 Å². The van der Waals surface area contributed by atoms with Gasteiger partial charge in [-0.05, 0) is 44.4 Å². The van der Waals surface area contributed by atoms with Gasteiger partial charge in [-0.15, -0.1) is 0 Å². The fourth-order valence-corrected chi connectivity index (χ4v) is 4.18. The summed E-state index contributed by atoms with van der Waals surface area (Å²) < 4.78 is 7.26. The van der Waals surface area contributed by atoms with Crippen LogP contribution in [-0.2, 0) is 14.3 Å². The monoisotopic (exact) mass is 454 g/mol. The summed E-state index contributed by atoms with van der Waals surface area (Å²) in [6, 6.07) is 0. The molecule has 0 radical (unpaired) electrons. The quantitative estimate of drug-likeness (QED) is 0.493. The molecule has 33 heavy (non-hydrogen) atoms. The second-order valence-electron chi connectivity index (χ2n) is 8.23. The first-order valence-corrected chi connectivity index (χ1v) is 11.0. The maximum absolute atomic E-state index is 12.1. The highest BCUT2D eigenvalue weighted by Crippen LogP contribution is 2.33. The van der Waals surface area contributed by atoms with Gasteiger partial charge in [0, 0.05) is 13.0 Å². The number of nitrogens with two attached hydrogens (primary N) is 1. The van der Waals surface area contributed by atoms with Crippen LogP contribution in [0.15, 0.2) is 17.8 Å². The maximum atomic E-state index is 12.1. The van der Waals surface area contributed by atoms with E-state index in [9.17, 15) is 14.7 Å². The number of nitrogens with zero attached hydrogens (tertiary/aromatic N) is 4. The van der Waals surface area contributed by atoms with E-state index in [-0.39, 0.29) is 35.5 Å². The molecule has 11 nitrogen and oxygen atoms in total. The number of imidazole rings is 1. The number of carbonyl (C=O) groups is 2. The van der Waals surface area contributed by atoms with Gasteiger partial charge in [0.1, 0.15) is 17.6 Å². The minimum absolute atomic E-state index is 0.0852. The third-order valence-electron chi connectivity index (χ3n) is 5.97. The average Bonchev–Trinajstić information content (AvgIpc) is 3.38. The Balaban J connectivity index is 1.48. The van der Waals surface area contributed by atoms with E-state index in [1.165, 1.54) is 6.33 Å². The number of fused-ring (bicyclic) bond motifs is 1. The Kier molecular flexibility index (Phi) is 6.35. The van der Waals surface area contributed by atoms with E-state index in [1.54, 1.807) is 11.5 Å². The highest BCUT2D eigenvalue weighted by Gasteiger charge is 2.32. The number of aliphatic hydroxyl groups excluding tert-OH is 1. The fraction of sp³-hybridized carbons (Fsp3) is 0.500. The number of rotatable bonds is 5. The summed E-state index contributed by atoms with van der Waals surface area (Å²) in [7, 11) is 0. The van der Waals surface area contributed by atoms with E-state index < -0.39 is 18.1 Å². The van der Waals surface area contributed by atoms with Crippen LogP contribution in [0.5, 0.6) is 0 Å². The number of anilines is 1. The number of hydrogen-bond donors (Lipinski definition) is 4. The van der Waals surface area contributed by atoms with Crippen molar-refractivity contribution in [2.24, 2.45) is 11.8 Å². The first kappa shape index (κ1) is 22.4. The third kappa shape index (κ3) is 4.69. The van der Waals surface area contributed by atoms with Crippen molar-refractivity contribution >= 4 is 28.9 Å². The first-order valence-electron chi connectivity index (χ1n) is 11.0. The summed E-state index contributed by atoms with van der Waals surface area (Å²) in [5.41, 5.74) is 6.82. The third-order valence-corrected chi connectivity index (χ3v) is 5.97. The molecule has 2 aromatic heterocycles.